The lowest BCUT2D eigenvalue weighted by Gasteiger charge is -2.25. The van der Waals surface area contributed by atoms with Gasteiger partial charge in [-0.25, -0.2) is 14.2 Å². The van der Waals surface area contributed by atoms with E-state index in [0.29, 0.717) is 29.4 Å². The maximum Gasteiger partial charge on any atom is 0.332 e. The van der Waals surface area contributed by atoms with Gasteiger partial charge in [0.15, 0.2) is 11.2 Å². The van der Waals surface area contributed by atoms with Crippen LogP contribution in [0.3, 0.4) is 0 Å². The fourth-order valence-electron chi connectivity index (χ4n) is 3.19. The van der Waals surface area contributed by atoms with Gasteiger partial charge in [-0.2, -0.15) is 10.1 Å². The van der Waals surface area contributed by atoms with Crippen molar-refractivity contribution in [1.29, 1.82) is 0 Å². The number of imidazole rings is 1. The van der Waals surface area contributed by atoms with Gasteiger partial charge in [0, 0.05) is 14.1 Å². The molecule has 0 fully saturated rings. The number of fused-ring (bicyclic) bond motifs is 3. The number of halogens is 1. The van der Waals surface area contributed by atoms with Crippen molar-refractivity contribution < 1.29 is 4.39 Å². The highest BCUT2D eigenvalue weighted by Crippen LogP contribution is 2.25. The Hall–Kier alpha value is -3.49. The van der Waals surface area contributed by atoms with E-state index in [1.807, 2.05) is 0 Å². The topological polar surface area (TPSA) is 77.4 Å². The monoisotopic (exact) mass is 368 g/mol. The molecule has 1 aromatic carbocycles. The van der Waals surface area contributed by atoms with Crippen LogP contribution in [0, 0.1) is 5.82 Å². The second kappa shape index (κ2) is 6.04. The van der Waals surface area contributed by atoms with Gasteiger partial charge in [0.1, 0.15) is 5.82 Å². The van der Waals surface area contributed by atoms with Crippen molar-refractivity contribution in [2.75, 3.05) is 11.6 Å². The smallest absolute Gasteiger partial charge is 0.297 e. The molecule has 0 saturated carbocycles. The molecule has 27 heavy (non-hydrogen) atoms. The van der Waals surface area contributed by atoms with E-state index in [9.17, 15) is 14.0 Å². The SMILES string of the molecule is C=CCN1N=C(c2ccc(F)cc2)Cn2c1nc1c2c(=O)n(C)c(=O)n1C. The second-order valence-electron chi connectivity index (χ2n) is 6.30. The molecule has 0 radical (unpaired) electrons. The number of anilines is 1. The largest absolute Gasteiger partial charge is 0.332 e. The molecular weight excluding hydrogens is 351 g/mol. The maximum absolute atomic E-state index is 13.3. The number of hydrogen-bond acceptors (Lipinski definition) is 5. The third-order valence-electron chi connectivity index (χ3n) is 4.59. The van der Waals surface area contributed by atoms with E-state index in [0.717, 1.165) is 10.1 Å². The fraction of sp³-hybridized carbons (Fsp3) is 0.222. The Labute approximate surface area is 153 Å². The van der Waals surface area contributed by atoms with Crippen LogP contribution in [-0.4, -0.2) is 30.9 Å². The molecule has 138 valence electrons. The molecule has 0 spiro atoms. The first-order chi connectivity index (χ1) is 12.9. The summed E-state index contributed by atoms with van der Waals surface area (Å²) in [6.45, 7) is 4.38. The summed E-state index contributed by atoms with van der Waals surface area (Å²) in [5.74, 6) is 0.116. The van der Waals surface area contributed by atoms with E-state index in [2.05, 4.69) is 16.7 Å². The Morgan fingerprint density at radius 1 is 1.19 bits per heavy atom. The van der Waals surface area contributed by atoms with Gasteiger partial charge in [0.2, 0.25) is 5.95 Å². The highest BCUT2D eigenvalue weighted by atomic mass is 19.1. The zero-order chi connectivity index (χ0) is 19.3. The number of hydrogen-bond donors (Lipinski definition) is 0. The van der Waals surface area contributed by atoms with Gasteiger partial charge in [-0.1, -0.05) is 18.2 Å². The molecule has 0 aliphatic carbocycles. The summed E-state index contributed by atoms with van der Waals surface area (Å²) in [5.41, 5.74) is 1.13. The molecule has 0 amide bonds. The third-order valence-corrected chi connectivity index (χ3v) is 4.59. The van der Waals surface area contributed by atoms with Crippen LogP contribution in [0.25, 0.3) is 11.2 Å². The van der Waals surface area contributed by atoms with Crippen molar-refractivity contribution in [3.63, 3.8) is 0 Å². The summed E-state index contributed by atoms with van der Waals surface area (Å²) in [6, 6.07) is 6.00. The van der Waals surface area contributed by atoms with Gasteiger partial charge in [0.25, 0.3) is 5.56 Å². The van der Waals surface area contributed by atoms with Gasteiger partial charge in [-0.3, -0.25) is 18.5 Å². The molecule has 4 rings (SSSR count). The standard InChI is InChI=1S/C18H17FN6O2/c1-4-9-25-17-20-15-14(16(26)23(3)18(27)22(15)2)24(17)10-13(21-25)11-5-7-12(19)8-6-11/h4-8H,1,9-10H2,2-3H3. The predicted octanol–water partition coefficient (Wildman–Crippen LogP) is 0.983. The molecule has 9 heteroatoms. The lowest BCUT2D eigenvalue weighted by atomic mass is 10.1. The fourth-order valence-corrected chi connectivity index (χ4v) is 3.19. The Bertz CT molecular complexity index is 1220. The number of aryl methyl sites for hydroxylation is 1. The van der Waals surface area contributed by atoms with Crippen LogP contribution in [-0.2, 0) is 20.6 Å². The summed E-state index contributed by atoms with van der Waals surface area (Å²) in [4.78, 5) is 29.5. The Balaban J connectivity index is 1.98. The molecule has 8 nitrogen and oxygen atoms in total. The van der Waals surface area contributed by atoms with E-state index in [1.165, 1.54) is 23.7 Å². The van der Waals surface area contributed by atoms with E-state index in [4.69, 9.17) is 0 Å². The number of hydrazone groups is 1. The lowest BCUT2D eigenvalue weighted by molar-refractivity contribution is 0.627. The Morgan fingerprint density at radius 3 is 2.56 bits per heavy atom. The first-order valence-electron chi connectivity index (χ1n) is 8.30. The number of aromatic nitrogens is 4. The Morgan fingerprint density at radius 2 is 1.89 bits per heavy atom. The average molecular weight is 368 g/mol. The van der Waals surface area contributed by atoms with Crippen LogP contribution in [0.2, 0.25) is 0 Å². The van der Waals surface area contributed by atoms with Crippen molar-refractivity contribution in [2.24, 2.45) is 19.2 Å². The van der Waals surface area contributed by atoms with Gasteiger partial charge >= 0.3 is 5.69 Å². The molecule has 2 aromatic heterocycles. The van der Waals surface area contributed by atoms with Crippen LogP contribution in [0.4, 0.5) is 10.3 Å². The quantitative estimate of drug-likeness (QED) is 0.646. The molecular formula is C18H17FN6O2. The molecule has 3 heterocycles. The zero-order valence-corrected chi connectivity index (χ0v) is 14.9. The molecule has 3 aromatic rings. The van der Waals surface area contributed by atoms with Gasteiger partial charge in [-0.05, 0) is 17.7 Å². The van der Waals surface area contributed by atoms with E-state index < -0.39 is 11.2 Å². The normalized spacial score (nSPS) is 13.6. The van der Waals surface area contributed by atoms with Crippen LogP contribution in [0.5, 0.6) is 0 Å². The van der Waals surface area contributed by atoms with Crippen LogP contribution in [0.1, 0.15) is 5.56 Å². The molecule has 0 unspecified atom stereocenters. The highest BCUT2D eigenvalue weighted by molar-refractivity contribution is 6.02. The van der Waals surface area contributed by atoms with Crippen molar-refractivity contribution in [3.8, 4) is 0 Å². The first kappa shape index (κ1) is 17.0. The molecule has 1 aliphatic heterocycles. The van der Waals surface area contributed by atoms with Crippen LogP contribution >= 0.6 is 0 Å². The van der Waals surface area contributed by atoms with Gasteiger partial charge in [0.05, 0.1) is 18.8 Å². The number of benzene rings is 1. The Kier molecular flexibility index (Phi) is 3.79. The van der Waals surface area contributed by atoms with E-state index in [-0.39, 0.29) is 12.4 Å². The van der Waals surface area contributed by atoms with Crippen molar-refractivity contribution >= 4 is 22.8 Å². The minimum atomic E-state index is -0.446. The summed E-state index contributed by atoms with van der Waals surface area (Å²) in [6.07, 6.45) is 1.66. The minimum Gasteiger partial charge on any atom is -0.297 e. The lowest BCUT2D eigenvalue weighted by Crippen LogP contribution is -2.38. The summed E-state index contributed by atoms with van der Waals surface area (Å²) in [7, 11) is 3.01. The minimum absolute atomic E-state index is 0.276. The molecule has 1 aliphatic rings. The third kappa shape index (κ3) is 2.50. The molecule has 0 bridgehead atoms. The number of nitrogens with zero attached hydrogens (tertiary/aromatic N) is 6. The zero-order valence-electron chi connectivity index (χ0n) is 14.9. The first-order valence-corrected chi connectivity index (χ1v) is 8.30. The highest BCUT2D eigenvalue weighted by Gasteiger charge is 2.27. The van der Waals surface area contributed by atoms with Crippen molar-refractivity contribution in [3.05, 3.63) is 69.1 Å². The molecule has 0 N–H and O–H groups in total. The van der Waals surface area contributed by atoms with Crippen molar-refractivity contribution in [1.82, 2.24) is 18.7 Å². The van der Waals surface area contributed by atoms with E-state index in [1.54, 1.807) is 34.8 Å². The molecule has 0 atom stereocenters. The van der Waals surface area contributed by atoms with Crippen LogP contribution < -0.4 is 16.3 Å². The number of rotatable bonds is 3. The average Bonchev–Trinajstić information content (AvgIpc) is 3.05. The van der Waals surface area contributed by atoms with Gasteiger partial charge in [-0.15, -0.1) is 6.58 Å². The summed E-state index contributed by atoms with van der Waals surface area (Å²) in [5, 5.41) is 6.20. The van der Waals surface area contributed by atoms with Crippen LogP contribution in [0.15, 0.2) is 51.6 Å². The second-order valence-corrected chi connectivity index (χ2v) is 6.30. The summed E-state index contributed by atoms with van der Waals surface area (Å²) >= 11 is 0. The summed E-state index contributed by atoms with van der Waals surface area (Å²) < 4.78 is 17.4. The van der Waals surface area contributed by atoms with Crippen molar-refractivity contribution in [2.45, 2.75) is 6.54 Å². The molecule has 0 saturated heterocycles. The van der Waals surface area contributed by atoms with Gasteiger partial charge < -0.3 is 0 Å². The maximum atomic E-state index is 13.3. The van der Waals surface area contributed by atoms with E-state index >= 15 is 0 Å². The predicted molar refractivity (Wildman–Crippen MR) is 101 cm³/mol.